The van der Waals surface area contributed by atoms with Crippen molar-refractivity contribution in [2.45, 2.75) is 18.9 Å². The Balaban J connectivity index is 1.35. The monoisotopic (exact) mass is 421 g/mol. The molecule has 1 unspecified atom stereocenters. The summed E-state index contributed by atoms with van der Waals surface area (Å²) in [4.78, 5) is 20.1. The van der Waals surface area contributed by atoms with Crippen LogP contribution < -0.4 is 14.8 Å². The summed E-state index contributed by atoms with van der Waals surface area (Å²) in [6.45, 7) is 2.99. The zero-order valence-electron chi connectivity index (χ0n) is 16.5. The molecule has 1 saturated heterocycles. The number of hydrogen-bond acceptors (Lipinski definition) is 6. The molecule has 3 heterocycles. The van der Waals surface area contributed by atoms with Crippen molar-refractivity contribution in [2.75, 3.05) is 31.6 Å². The number of ether oxygens (including phenoxy) is 2. The summed E-state index contributed by atoms with van der Waals surface area (Å²) in [6.07, 6.45) is 2.25. The van der Waals surface area contributed by atoms with Gasteiger partial charge in [-0.05, 0) is 49.7 Å². The Kier molecular flexibility index (Phi) is 5.38. The highest BCUT2D eigenvalue weighted by atomic mass is 32.1. The van der Waals surface area contributed by atoms with E-state index in [0.717, 1.165) is 54.3 Å². The van der Waals surface area contributed by atoms with Gasteiger partial charge < -0.3 is 14.8 Å². The van der Waals surface area contributed by atoms with Crippen molar-refractivity contribution in [3.63, 3.8) is 0 Å². The third kappa shape index (κ3) is 3.91. The second-order valence-corrected chi connectivity index (χ2v) is 8.30. The van der Waals surface area contributed by atoms with Crippen LogP contribution in [0.5, 0.6) is 11.5 Å². The molecule has 1 fully saturated rings. The lowest BCUT2D eigenvalue weighted by Gasteiger charge is -2.26. The second-order valence-electron chi connectivity index (χ2n) is 7.44. The smallest absolute Gasteiger partial charge is 0.248 e. The first-order valence-corrected chi connectivity index (χ1v) is 11.1. The minimum atomic E-state index is -0.296. The Labute approximate surface area is 179 Å². The molecular formula is C23H23N3O3S. The van der Waals surface area contributed by atoms with Gasteiger partial charge in [0.25, 0.3) is 0 Å². The second kappa shape index (κ2) is 8.45. The molecule has 30 heavy (non-hydrogen) atoms. The summed E-state index contributed by atoms with van der Waals surface area (Å²) in [6, 6.07) is 15.5. The zero-order chi connectivity index (χ0) is 20.3. The molecule has 7 heteroatoms. The first kappa shape index (κ1) is 19.1. The molecule has 2 aliphatic heterocycles. The van der Waals surface area contributed by atoms with E-state index in [1.165, 1.54) is 11.3 Å². The van der Waals surface area contributed by atoms with E-state index in [0.29, 0.717) is 18.3 Å². The first-order valence-electron chi connectivity index (χ1n) is 10.2. The number of nitrogens with one attached hydrogen (secondary N) is 1. The van der Waals surface area contributed by atoms with Gasteiger partial charge in [-0.1, -0.05) is 30.3 Å². The van der Waals surface area contributed by atoms with E-state index in [1.54, 1.807) is 0 Å². The maximum Gasteiger partial charge on any atom is 0.248 e. The number of benzene rings is 2. The lowest BCUT2D eigenvalue weighted by atomic mass is 10.0. The molecule has 1 N–H and O–H groups in total. The molecule has 0 radical (unpaired) electrons. The SMILES string of the molecule is O=C(Nc1nc(-c2ccc3c(c2)OCCO3)cs1)C(c1ccccc1)N1CCCC1. The van der Waals surface area contributed by atoms with Crippen molar-refractivity contribution in [3.05, 3.63) is 59.5 Å². The number of carbonyl (C=O) groups is 1. The third-order valence-corrected chi connectivity index (χ3v) is 6.20. The maximum atomic E-state index is 13.2. The number of aromatic nitrogens is 1. The molecule has 2 aliphatic rings. The summed E-state index contributed by atoms with van der Waals surface area (Å²) in [5, 5.41) is 5.60. The molecule has 6 nitrogen and oxygen atoms in total. The van der Waals surface area contributed by atoms with Crippen LogP contribution in [-0.4, -0.2) is 42.1 Å². The molecule has 0 aliphatic carbocycles. The zero-order valence-corrected chi connectivity index (χ0v) is 17.4. The summed E-state index contributed by atoms with van der Waals surface area (Å²) in [7, 11) is 0. The van der Waals surface area contributed by atoms with E-state index < -0.39 is 0 Å². The quantitative estimate of drug-likeness (QED) is 0.663. The van der Waals surface area contributed by atoms with Crippen molar-refractivity contribution in [3.8, 4) is 22.8 Å². The largest absolute Gasteiger partial charge is 0.486 e. The van der Waals surface area contributed by atoms with Crippen LogP contribution in [0.1, 0.15) is 24.4 Å². The molecule has 0 saturated carbocycles. The Hall–Kier alpha value is -2.90. The standard InChI is InChI=1S/C23H23N3O3S/c27-22(21(26-10-4-5-11-26)16-6-2-1-3-7-16)25-23-24-18(15-30-23)17-8-9-19-20(14-17)29-13-12-28-19/h1-3,6-9,14-15,21H,4-5,10-13H2,(H,24,25,27). The van der Waals surface area contributed by atoms with Gasteiger partial charge in [-0.25, -0.2) is 4.98 Å². The van der Waals surface area contributed by atoms with Gasteiger partial charge in [0.2, 0.25) is 5.91 Å². The van der Waals surface area contributed by atoms with Crippen LogP contribution >= 0.6 is 11.3 Å². The van der Waals surface area contributed by atoms with Crippen molar-refractivity contribution in [1.82, 2.24) is 9.88 Å². The maximum absolute atomic E-state index is 13.2. The first-order chi connectivity index (χ1) is 14.8. The van der Waals surface area contributed by atoms with Crippen LogP contribution in [0.25, 0.3) is 11.3 Å². The summed E-state index contributed by atoms with van der Waals surface area (Å²) in [5.74, 6) is 1.45. The topological polar surface area (TPSA) is 63.7 Å². The van der Waals surface area contributed by atoms with Gasteiger partial charge in [0.05, 0.1) is 5.69 Å². The molecule has 1 amide bonds. The average molecular weight is 422 g/mol. The predicted molar refractivity (Wildman–Crippen MR) is 117 cm³/mol. The lowest BCUT2D eigenvalue weighted by Crippen LogP contribution is -2.35. The van der Waals surface area contributed by atoms with Gasteiger partial charge in [0.1, 0.15) is 19.3 Å². The van der Waals surface area contributed by atoms with E-state index >= 15 is 0 Å². The van der Waals surface area contributed by atoms with Gasteiger partial charge in [-0.3, -0.25) is 9.69 Å². The summed E-state index contributed by atoms with van der Waals surface area (Å²) in [5.41, 5.74) is 2.76. The number of carbonyl (C=O) groups excluding carboxylic acids is 1. The van der Waals surface area contributed by atoms with E-state index in [2.05, 4.69) is 15.2 Å². The fourth-order valence-corrected chi connectivity index (χ4v) is 4.73. The van der Waals surface area contributed by atoms with Crippen molar-refractivity contribution >= 4 is 22.4 Å². The molecule has 1 aromatic heterocycles. The normalized spacial score (nSPS) is 16.9. The number of rotatable bonds is 5. The molecule has 3 aromatic rings. The van der Waals surface area contributed by atoms with Crippen LogP contribution in [0.4, 0.5) is 5.13 Å². The molecule has 154 valence electrons. The number of anilines is 1. The van der Waals surface area contributed by atoms with E-state index in [9.17, 15) is 4.79 Å². The van der Waals surface area contributed by atoms with E-state index in [1.807, 2.05) is 53.9 Å². The fraction of sp³-hybridized carbons (Fsp3) is 0.304. The van der Waals surface area contributed by atoms with Gasteiger partial charge in [0.15, 0.2) is 16.6 Å². The average Bonchev–Trinajstić information content (AvgIpc) is 3.47. The Morgan fingerprint density at radius 3 is 2.60 bits per heavy atom. The molecule has 1 atom stereocenters. The fourth-order valence-electron chi connectivity index (χ4n) is 4.00. The van der Waals surface area contributed by atoms with Crippen LogP contribution in [0.2, 0.25) is 0 Å². The third-order valence-electron chi connectivity index (χ3n) is 5.44. The van der Waals surface area contributed by atoms with Crippen molar-refractivity contribution in [2.24, 2.45) is 0 Å². The summed E-state index contributed by atoms with van der Waals surface area (Å²) < 4.78 is 11.3. The van der Waals surface area contributed by atoms with Crippen LogP contribution in [-0.2, 0) is 4.79 Å². The number of fused-ring (bicyclic) bond motifs is 1. The van der Waals surface area contributed by atoms with E-state index in [4.69, 9.17) is 9.47 Å². The van der Waals surface area contributed by atoms with Crippen LogP contribution in [0.3, 0.4) is 0 Å². The predicted octanol–water partition coefficient (Wildman–Crippen LogP) is 4.36. The molecule has 0 spiro atoms. The van der Waals surface area contributed by atoms with Gasteiger partial charge in [-0.2, -0.15) is 0 Å². The highest BCUT2D eigenvalue weighted by Crippen LogP contribution is 2.35. The molecule has 2 aromatic carbocycles. The Morgan fingerprint density at radius 2 is 1.80 bits per heavy atom. The highest BCUT2D eigenvalue weighted by Gasteiger charge is 2.30. The number of likely N-dealkylation sites (tertiary alicyclic amines) is 1. The van der Waals surface area contributed by atoms with Crippen LogP contribution in [0.15, 0.2) is 53.9 Å². The number of thiazole rings is 1. The number of nitrogens with zero attached hydrogens (tertiary/aromatic N) is 2. The Morgan fingerprint density at radius 1 is 1.03 bits per heavy atom. The van der Waals surface area contributed by atoms with Crippen molar-refractivity contribution < 1.29 is 14.3 Å². The number of hydrogen-bond donors (Lipinski definition) is 1. The van der Waals surface area contributed by atoms with Crippen molar-refractivity contribution in [1.29, 1.82) is 0 Å². The molecule has 0 bridgehead atoms. The Bertz CT molecular complexity index is 1030. The molecule has 5 rings (SSSR count). The van der Waals surface area contributed by atoms with Gasteiger partial charge in [-0.15, -0.1) is 11.3 Å². The van der Waals surface area contributed by atoms with Gasteiger partial charge >= 0.3 is 0 Å². The summed E-state index contributed by atoms with van der Waals surface area (Å²) >= 11 is 1.43. The number of amides is 1. The van der Waals surface area contributed by atoms with Gasteiger partial charge in [0, 0.05) is 10.9 Å². The lowest BCUT2D eigenvalue weighted by molar-refractivity contribution is -0.121. The highest BCUT2D eigenvalue weighted by molar-refractivity contribution is 7.14. The minimum absolute atomic E-state index is 0.0359. The molecular weight excluding hydrogens is 398 g/mol. The van der Waals surface area contributed by atoms with Crippen LogP contribution in [0, 0.1) is 0 Å². The minimum Gasteiger partial charge on any atom is -0.486 e. The van der Waals surface area contributed by atoms with E-state index in [-0.39, 0.29) is 11.9 Å².